The lowest BCUT2D eigenvalue weighted by atomic mass is 10.2. The Morgan fingerprint density at radius 3 is 2.47 bits per heavy atom. The molecular formula is C10H11N3O2S2. The average molecular weight is 269 g/mol. The lowest BCUT2D eigenvalue weighted by Gasteiger charge is -2.02. The first-order valence-corrected chi connectivity index (χ1v) is 7.27. The molecule has 0 radical (unpaired) electrons. The molecule has 0 spiro atoms. The zero-order chi connectivity index (χ0) is 12.9. The molecule has 0 aliphatic heterocycles. The predicted molar refractivity (Wildman–Crippen MR) is 68.1 cm³/mol. The molecule has 0 heterocycles. The Balaban J connectivity index is 3.12. The molecule has 0 fully saturated rings. The molecule has 0 saturated carbocycles. The molecule has 0 aliphatic carbocycles. The Bertz CT molecular complexity index is 556. The van der Waals surface area contributed by atoms with Crippen molar-refractivity contribution in [3.8, 4) is 6.19 Å². The van der Waals surface area contributed by atoms with Crippen molar-refractivity contribution in [2.24, 2.45) is 4.40 Å². The summed E-state index contributed by atoms with van der Waals surface area (Å²) in [6, 6.07) is 6.36. The van der Waals surface area contributed by atoms with Gasteiger partial charge in [-0.15, -0.1) is 4.40 Å². The number of hydrogen-bond donors (Lipinski definition) is 1. The molecule has 0 amide bonds. The molecule has 5 nitrogen and oxygen atoms in total. The fourth-order valence-corrected chi connectivity index (χ4v) is 2.62. The predicted octanol–water partition coefficient (Wildman–Crippen LogP) is 1.47. The summed E-state index contributed by atoms with van der Waals surface area (Å²) in [7, 11) is -3.76. The van der Waals surface area contributed by atoms with Gasteiger partial charge in [0.05, 0.1) is 4.90 Å². The van der Waals surface area contributed by atoms with E-state index in [1.807, 2.05) is 6.92 Å². The van der Waals surface area contributed by atoms with E-state index in [1.165, 1.54) is 12.1 Å². The van der Waals surface area contributed by atoms with Crippen LogP contribution in [0.5, 0.6) is 0 Å². The Hall–Kier alpha value is -1.52. The second-order valence-corrected chi connectivity index (χ2v) is 5.52. The molecule has 0 bridgehead atoms. The van der Waals surface area contributed by atoms with E-state index < -0.39 is 10.0 Å². The minimum atomic E-state index is -3.76. The number of nitrogens with zero attached hydrogens (tertiary/aromatic N) is 2. The van der Waals surface area contributed by atoms with Gasteiger partial charge in [-0.05, 0) is 25.3 Å². The smallest absolute Gasteiger partial charge is 0.271 e. The first-order chi connectivity index (χ1) is 7.99. The first-order valence-electron chi connectivity index (χ1n) is 4.60. The van der Waals surface area contributed by atoms with Crippen LogP contribution in [0.1, 0.15) is 5.56 Å². The molecule has 1 rings (SSSR count). The van der Waals surface area contributed by atoms with Crippen molar-refractivity contribution in [3.05, 3.63) is 29.8 Å². The zero-order valence-corrected chi connectivity index (χ0v) is 11.0. The Morgan fingerprint density at radius 2 is 2.00 bits per heavy atom. The molecule has 1 N–H and O–H groups in total. The largest absolute Gasteiger partial charge is 0.284 e. The maximum Gasteiger partial charge on any atom is 0.284 e. The summed E-state index contributed by atoms with van der Waals surface area (Å²) in [5.74, 6) is 0. The quantitative estimate of drug-likeness (QED) is 0.380. The van der Waals surface area contributed by atoms with E-state index >= 15 is 0 Å². The van der Waals surface area contributed by atoms with Crippen molar-refractivity contribution < 1.29 is 8.42 Å². The van der Waals surface area contributed by atoms with E-state index in [0.29, 0.717) is 0 Å². The van der Waals surface area contributed by atoms with Crippen LogP contribution in [0.4, 0.5) is 0 Å². The SMILES string of the molecule is CS/C(=N\S(=O)(=O)c1ccc(C)cc1)NC#N. The third-order valence-electron chi connectivity index (χ3n) is 1.88. The van der Waals surface area contributed by atoms with Crippen LogP contribution in [-0.4, -0.2) is 19.8 Å². The van der Waals surface area contributed by atoms with Crippen LogP contribution in [0.25, 0.3) is 0 Å². The van der Waals surface area contributed by atoms with E-state index in [-0.39, 0.29) is 10.1 Å². The van der Waals surface area contributed by atoms with Crippen molar-refractivity contribution in [1.82, 2.24) is 5.32 Å². The second kappa shape index (κ2) is 5.70. The van der Waals surface area contributed by atoms with Gasteiger partial charge in [0, 0.05) is 0 Å². The summed E-state index contributed by atoms with van der Waals surface area (Å²) in [6.07, 6.45) is 3.27. The Kier molecular flexibility index (Phi) is 4.54. The number of hydrogen-bond acceptors (Lipinski definition) is 4. The number of rotatable bonds is 2. The lowest BCUT2D eigenvalue weighted by Crippen LogP contribution is -2.15. The lowest BCUT2D eigenvalue weighted by molar-refractivity contribution is 0.598. The molecule has 0 unspecified atom stereocenters. The molecule has 0 aliphatic rings. The molecule has 0 aromatic heterocycles. The minimum Gasteiger partial charge on any atom is -0.271 e. The minimum absolute atomic E-state index is 0.0491. The molecular weight excluding hydrogens is 258 g/mol. The summed E-state index contributed by atoms with van der Waals surface area (Å²) in [4.78, 5) is 0.106. The van der Waals surface area contributed by atoms with Crippen molar-refractivity contribution in [2.75, 3.05) is 6.26 Å². The van der Waals surface area contributed by atoms with E-state index in [4.69, 9.17) is 5.26 Å². The first kappa shape index (κ1) is 13.5. The van der Waals surface area contributed by atoms with Gasteiger partial charge in [-0.2, -0.15) is 13.7 Å². The molecule has 7 heteroatoms. The molecule has 0 atom stereocenters. The standard InChI is InChI=1S/C10H11N3O2S2/c1-8-3-5-9(6-4-8)17(14,15)13-10(16-2)12-7-11/h3-6H,1-2H3,(H,12,13). The highest BCUT2D eigenvalue weighted by molar-refractivity contribution is 8.13. The Morgan fingerprint density at radius 1 is 1.41 bits per heavy atom. The summed E-state index contributed by atoms with van der Waals surface area (Å²) in [5, 5.41) is 10.7. The van der Waals surface area contributed by atoms with E-state index in [9.17, 15) is 8.42 Å². The fraction of sp³-hybridized carbons (Fsp3) is 0.200. The summed E-state index contributed by atoms with van der Waals surface area (Å²) in [6.45, 7) is 1.87. The molecule has 90 valence electrons. The van der Waals surface area contributed by atoms with Crippen LogP contribution in [0.15, 0.2) is 33.6 Å². The summed E-state index contributed by atoms with van der Waals surface area (Å²) < 4.78 is 27.2. The number of nitriles is 1. The number of nitrogens with one attached hydrogen (secondary N) is 1. The highest BCUT2D eigenvalue weighted by Gasteiger charge is 2.13. The van der Waals surface area contributed by atoms with Gasteiger partial charge in [0.15, 0.2) is 11.4 Å². The van der Waals surface area contributed by atoms with Crippen molar-refractivity contribution in [3.63, 3.8) is 0 Å². The van der Waals surface area contributed by atoms with Crippen LogP contribution < -0.4 is 5.32 Å². The molecule has 1 aromatic carbocycles. The van der Waals surface area contributed by atoms with Gasteiger partial charge in [-0.25, -0.2) is 0 Å². The number of amidine groups is 1. The molecule has 1 aromatic rings. The maximum absolute atomic E-state index is 11.8. The maximum atomic E-state index is 11.8. The van der Waals surface area contributed by atoms with E-state index in [2.05, 4.69) is 9.71 Å². The number of aryl methyl sites for hydroxylation is 1. The average Bonchev–Trinajstić information content (AvgIpc) is 2.28. The number of sulfonamides is 1. The van der Waals surface area contributed by atoms with Gasteiger partial charge in [-0.3, -0.25) is 5.32 Å². The number of thioether (sulfide) groups is 1. The highest BCUT2D eigenvalue weighted by Crippen LogP contribution is 2.14. The van der Waals surface area contributed by atoms with Gasteiger partial charge in [-0.1, -0.05) is 29.5 Å². The van der Waals surface area contributed by atoms with Crippen LogP contribution in [0, 0.1) is 18.4 Å². The van der Waals surface area contributed by atoms with Gasteiger partial charge in [0.1, 0.15) is 0 Å². The monoisotopic (exact) mass is 269 g/mol. The fourth-order valence-electron chi connectivity index (χ4n) is 1.03. The Labute approximate surface area is 105 Å². The van der Waals surface area contributed by atoms with Gasteiger partial charge < -0.3 is 0 Å². The molecule has 0 saturated heterocycles. The van der Waals surface area contributed by atoms with Crippen LogP contribution >= 0.6 is 11.8 Å². The number of benzene rings is 1. The summed E-state index contributed by atoms with van der Waals surface area (Å²) >= 11 is 1.06. The summed E-state index contributed by atoms with van der Waals surface area (Å²) in [5.41, 5.74) is 0.966. The molecule has 17 heavy (non-hydrogen) atoms. The van der Waals surface area contributed by atoms with Crippen molar-refractivity contribution in [1.29, 1.82) is 5.26 Å². The third kappa shape index (κ3) is 3.76. The van der Waals surface area contributed by atoms with Gasteiger partial charge in [0.2, 0.25) is 0 Å². The normalized spacial score (nSPS) is 11.9. The third-order valence-corrected chi connectivity index (χ3v) is 3.86. The van der Waals surface area contributed by atoms with Crippen LogP contribution in [0.3, 0.4) is 0 Å². The van der Waals surface area contributed by atoms with Crippen LogP contribution in [-0.2, 0) is 10.0 Å². The van der Waals surface area contributed by atoms with Crippen LogP contribution in [0.2, 0.25) is 0 Å². The van der Waals surface area contributed by atoms with Crippen molar-refractivity contribution in [2.45, 2.75) is 11.8 Å². The second-order valence-electron chi connectivity index (χ2n) is 3.13. The zero-order valence-electron chi connectivity index (χ0n) is 9.34. The van der Waals surface area contributed by atoms with E-state index in [0.717, 1.165) is 17.3 Å². The highest BCUT2D eigenvalue weighted by atomic mass is 32.2. The topological polar surface area (TPSA) is 82.3 Å². The van der Waals surface area contributed by atoms with Gasteiger partial charge in [0.25, 0.3) is 10.0 Å². The van der Waals surface area contributed by atoms with Crippen molar-refractivity contribution >= 4 is 27.0 Å². The van der Waals surface area contributed by atoms with E-state index in [1.54, 1.807) is 24.6 Å². The van der Waals surface area contributed by atoms with Gasteiger partial charge >= 0.3 is 0 Å².